The first-order chi connectivity index (χ1) is 12.6. The van der Waals surface area contributed by atoms with Crippen molar-refractivity contribution in [2.45, 2.75) is 26.9 Å². The number of guanidine groups is 1. The molecule has 0 aliphatic carbocycles. The van der Waals surface area contributed by atoms with Gasteiger partial charge in [-0.05, 0) is 37.6 Å². The van der Waals surface area contributed by atoms with Crippen LogP contribution in [0.5, 0.6) is 0 Å². The highest BCUT2D eigenvalue weighted by Crippen LogP contribution is 2.11. The number of hydrogen-bond donors (Lipinski definition) is 2. The molecule has 0 radical (unpaired) electrons. The van der Waals surface area contributed by atoms with Crippen molar-refractivity contribution in [2.24, 2.45) is 12.0 Å². The molecule has 0 spiro atoms. The van der Waals surface area contributed by atoms with Crippen molar-refractivity contribution >= 4 is 29.9 Å². The van der Waals surface area contributed by atoms with Gasteiger partial charge in [0.15, 0.2) is 5.96 Å². The van der Waals surface area contributed by atoms with Gasteiger partial charge in [0.1, 0.15) is 0 Å². The molecule has 2 heterocycles. The summed E-state index contributed by atoms with van der Waals surface area (Å²) in [5.74, 6) is 0.767. The van der Waals surface area contributed by atoms with E-state index in [2.05, 4.69) is 57.0 Å². The zero-order chi connectivity index (χ0) is 18.5. The van der Waals surface area contributed by atoms with Gasteiger partial charge in [0.05, 0.1) is 11.4 Å². The van der Waals surface area contributed by atoms with E-state index in [4.69, 9.17) is 0 Å². The molecule has 3 rings (SSSR count). The molecular weight excluding hydrogens is 453 g/mol. The lowest BCUT2D eigenvalue weighted by Gasteiger charge is -2.12. The SMILES string of the molecule is CN=C(NCc1ccc(-n2cccn2)cc1)NCc1c(C)nn(C)c1C.I. The van der Waals surface area contributed by atoms with E-state index in [9.17, 15) is 0 Å². The number of rotatable bonds is 5. The van der Waals surface area contributed by atoms with E-state index in [0.717, 1.165) is 17.3 Å². The summed E-state index contributed by atoms with van der Waals surface area (Å²) in [5, 5.41) is 15.4. The van der Waals surface area contributed by atoms with Crippen LogP contribution < -0.4 is 10.6 Å². The Morgan fingerprint density at radius 2 is 1.81 bits per heavy atom. The average molecular weight is 479 g/mol. The Hall–Kier alpha value is -2.36. The number of aromatic nitrogens is 4. The highest BCUT2D eigenvalue weighted by molar-refractivity contribution is 14.0. The summed E-state index contributed by atoms with van der Waals surface area (Å²) in [4.78, 5) is 4.30. The topological polar surface area (TPSA) is 72.1 Å². The standard InChI is InChI=1S/C19H25N7.HI/c1-14-18(15(2)25(4)24-14)13-22-19(20-3)21-12-16-6-8-17(9-7-16)26-11-5-10-23-26;/h5-11H,12-13H2,1-4H3,(H2,20,21,22);1H. The number of nitrogens with zero attached hydrogens (tertiary/aromatic N) is 5. The summed E-state index contributed by atoms with van der Waals surface area (Å²) < 4.78 is 3.75. The van der Waals surface area contributed by atoms with Crippen LogP contribution >= 0.6 is 24.0 Å². The molecule has 0 aliphatic rings. The van der Waals surface area contributed by atoms with Crippen LogP contribution in [0.25, 0.3) is 5.69 Å². The number of benzene rings is 1. The maximum absolute atomic E-state index is 4.45. The smallest absolute Gasteiger partial charge is 0.191 e. The second-order valence-electron chi connectivity index (χ2n) is 6.17. The van der Waals surface area contributed by atoms with E-state index in [1.807, 2.05) is 35.6 Å². The first kappa shape index (κ1) is 20.9. The van der Waals surface area contributed by atoms with Crippen molar-refractivity contribution in [3.8, 4) is 5.69 Å². The summed E-state index contributed by atoms with van der Waals surface area (Å²) in [6, 6.07) is 10.2. The fraction of sp³-hybridized carbons (Fsp3) is 0.316. The largest absolute Gasteiger partial charge is 0.352 e. The van der Waals surface area contributed by atoms with Gasteiger partial charge in [0, 0.05) is 50.8 Å². The maximum Gasteiger partial charge on any atom is 0.191 e. The molecule has 0 aliphatic heterocycles. The molecule has 0 atom stereocenters. The third-order valence-corrected chi connectivity index (χ3v) is 4.48. The average Bonchev–Trinajstić information content (AvgIpc) is 3.26. The molecule has 3 aromatic rings. The van der Waals surface area contributed by atoms with Crippen LogP contribution in [-0.4, -0.2) is 32.6 Å². The maximum atomic E-state index is 4.45. The summed E-state index contributed by atoms with van der Waals surface area (Å²) in [6.07, 6.45) is 3.71. The molecule has 1 aromatic carbocycles. The molecule has 144 valence electrons. The number of halogens is 1. The first-order valence-electron chi connectivity index (χ1n) is 8.61. The minimum absolute atomic E-state index is 0. The van der Waals surface area contributed by atoms with E-state index in [-0.39, 0.29) is 24.0 Å². The Kier molecular flexibility index (Phi) is 7.40. The number of nitrogens with one attached hydrogen (secondary N) is 2. The van der Waals surface area contributed by atoms with Crippen molar-refractivity contribution in [2.75, 3.05) is 7.05 Å². The lowest BCUT2D eigenvalue weighted by Crippen LogP contribution is -2.36. The van der Waals surface area contributed by atoms with E-state index in [1.165, 1.54) is 16.8 Å². The second kappa shape index (κ2) is 9.54. The Balaban J connectivity index is 0.00000261. The lowest BCUT2D eigenvalue weighted by molar-refractivity contribution is 0.728. The van der Waals surface area contributed by atoms with Gasteiger partial charge in [-0.3, -0.25) is 9.67 Å². The number of aryl methyl sites for hydroxylation is 2. The summed E-state index contributed by atoms with van der Waals surface area (Å²) in [5.41, 5.74) is 5.64. The minimum atomic E-state index is 0. The van der Waals surface area contributed by atoms with Crippen molar-refractivity contribution < 1.29 is 0 Å². The van der Waals surface area contributed by atoms with Crippen molar-refractivity contribution in [3.05, 3.63) is 65.2 Å². The Morgan fingerprint density at radius 3 is 2.37 bits per heavy atom. The molecular formula is C19H26IN7. The fourth-order valence-electron chi connectivity index (χ4n) is 2.84. The van der Waals surface area contributed by atoms with Gasteiger partial charge < -0.3 is 10.6 Å². The summed E-state index contributed by atoms with van der Waals surface area (Å²) in [6.45, 7) is 5.50. The number of hydrogen-bond acceptors (Lipinski definition) is 3. The van der Waals surface area contributed by atoms with Crippen molar-refractivity contribution in [1.82, 2.24) is 30.2 Å². The van der Waals surface area contributed by atoms with Crippen LogP contribution in [0.15, 0.2) is 47.7 Å². The summed E-state index contributed by atoms with van der Waals surface area (Å²) in [7, 11) is 3.74. The third-order valence-electron chi connectivity index (χ3n) is 4.48. The Labute approximate surface area is 176 Å². The molecule has 0 saturated heterocycles. The predicted octanol–water partition coefficient (Wildman–Crippen LogP) is 2.71. The van der Waals surface area contributed by atoms with Gasteiger partial charge in [-0.2, -0.15) is 10.2 Å². The van der Waals surface area contributed by atoms with Crippen LogP contribution in [0, 0.1) is 13.8 Å². The zero-order valence-electron chi connectivity index (χ0n) is 16.1. The third kappa shape index (κ3) is 5.09. The first-order valence-corrected chi connectivity index (χ1v) is 8.61. The van der Waals surface area contributed by atoms with Gasteiger partial charge in [0.2, 0.25) is 0 Å². The van der Waals surface area contributed by atoms with Gasteiger partial charge in [-0.15, -0.1) is 24.0 Å². The predicted molar refractivity (Wildman–Crippen MR) is 119 cm³/mol. The molecule has 0 unspecified atom stereocenters. The Bertz CT molecular complexity index is 880. The van der Waals surface area contributed by atoms with E-state index < -0.39 is 0 Å². The lowest BCUT2D eigenvalue weighted by atomic mass is 10.2. The molecule has 2 aromatic heterocycles. The molecule has 0 saturated carbocycles. The second-order valence-corrected chi connectivity index (χ2v) is 6.17. The quantitative estimate of drug-likeness (QED) is 0.336. The van der Waals surface area contributed by atoms with Crippen molar-refractivity contribution in [3.63, 3.8) is 0 Å². The molecule has 0 amide bonds. The van der Waals surface area contributed by atoms with E-state index in [0.29, 0.717) is 13.1 Å². The van der Waals surface area contributed by atoms with E-state index >= 15 is 0 Å². The highest BCUT2D eigenvalue weighted by Gasteiger charge is 2.09. The zero-order valence-corrected chi connectivity index (χ0v) is 18.4. The van der Waals surface area contributed by atoms with Crippen LogP contribution in [0.4, 0.5) is 0 Å². The van der Waals surface area contributed by atoms with Crippen LogP contribution in [0.2, 0.25) is 0 Å². The fourth-order valence-corrected chi connectivity index (χ4v) is 2.84. The van der Waals surface area contributed by atoms with Gasteiger partial charge in [-0.1, -0.05) is 12.1 Å². The van der Waals surface area contributed by atoms with Gasteiger partial charge >= 0.3 is 0 Å². The van der Waals surface area contributed by atoms with E-state index in [1.54, 1.807) is 13.2 Å². The normalized spacial score (nSPS) is 11.2. The monoisotopic (exact) mass is 479 g/mol. The number of aliphatic imine (C=N–C) groups is 1. The molecule has 8 heteroatoms. The van der Waals surface area contributed by atoms with Gasteiger partial charge in [-0.25, -0.2) is 4.68 Å². The highest BCUT2D eigenvalue weighted by atomic mass is 127. The van der Waals surface area contributed by atoms with Gasteiger partial charge in [0.25, 0.3) is 0 Å². The molecule has 2 N–H and O–H groups in total. The Morgan fingerprint density at radius 1 is 1.11 bits per heavy atom. The van der Waals surface area contributed by atoms with Crippen molar-refractivity contribution in [1.29, 1.82) is 0 Å². The molecule has 27 heavy (non-hydrogen) atoms. The molecule has 7 nitrogen and oxygen atoms in total. The molecule has 0 fully saturated rings. The minimum Gasteiger partial charge on any atom is -0.352 e. The van der Waals surface area contributed by atoms with Crippen LogP contribution in [-0.2, 0) is 20.1 Å². The van der Waals surface area contributed by atoms with Crippen LogP contribution in [0.3, 0.4) is 0 Å². The van der Waals surface area contributed by atoms with Crippen LogP contribution in [0.1, 0.15) is 22.5 Å². The summed E-state index contributed by atoms with van der Waals surface area (Å²) >= 11 is 0. The molecule has 0 bridgehead atoms.